The van der Waals surface area contributed by atoms with Crippen LogP contribution in [0.25, 0.3) is 0 Å². The van der Waals surface area contributed by atoms with Gasteiger partial charge in [-0.25, -0.2) is 0 Å². The average molecular weight is 331 g/mol. The molecule has 0 radical (unpaired) electrons. The molecule has 4 heteroatoms. The van der Waals surface area contributed by atoms with Crippen LogP contribution in [0.1, 0.15) is 25.3 Å². The molecule has 1 aromatic rings. The molecule has 1 rings (SSSR count). The number of hydrogen-bond acceptors (Lipinski definition) is 3. The highest BCUT2D eigenvalue weighted by molar-refractivity contribution is 14.1. The van der Waals surface area contributed by atoms with E-state index in [-0.39, 0.29) is 12.4 Å². The summed E-state index contributed by atoms with van der Waals surface area (Å²) in [5.74, 6) is -0.238. The maximum absolute atomic E-state index is 11.1. The molecular weight excluding hydrogens is 317 g/mol. The van der Waals surface area contributed by atoms with Crippen molar-refractivity contribution < 1.29 is 9.53 Å². The van der Waals surface area contributed by atoms with Crippen LogP contribution < -0.4 is 0 Å². The van der Waals surface area contributed by atoms with Crippen molar-refractivity contribution in [2.75, 3.05) is 6.61 Å². The zero-order valence-electron chi connectivity index (χ0n) is 9.13. The van der Waals surface area contributed by atoms with Gasteiger partial charge in [0.25, 0.3) is 0 Å². The smallest absolute Gasteiger partial charge is 0.306 e. The Balaban J connectivity index is 2.47. The van der Waals surface area contributed by atoms with E-state index in [1.807, 2.05) is 24.3 Å². The lowest BCUT2D eigenvalue weighted by molar-refractivity contribution is -0.142. The van der Waals surface area contributed by atoms with Gasteiger partial charge in [-0.3, -0.25) is 4.79 Å². The summed E-state index contributed by atoms with van der Waals surface area (Å²) in [4.78, 5) is 11.1. The Hall–Kier alpha value is -0.910. The lowest BCUT2D eigenvalue weighted by Crippen LogP contribution is -2.07. The zero-order chi connectivity index (χ0) is 12.0. The van der Waals surface area contributed by atoms with Crippen LogP contribution >= 0.6 is 22.6 Å². The van der Waals surface area contributed by atoms with Crippen LogP contribution in [0.3, 0.4) is 0 Å². The van der Waals surface area contributed by atoms with Gasteiger partial charge in [0.2, 0.25) is 0 Å². The summed E-state index contributed by atoms with van der Waals surface area (Å²) in [6.07, 6.45) is 0.706. The van der Waals surface area contributed by atoms with Crippen LogP contribution in [0.2, 0.25) is 0 Å². The molecule has 16 heavy (non-hydrogen) atoms. The number of rotatable bonds is 5. The summed E-state index contributed by atoms with van der Waals surface area (Å²) in [6.45, 7) is 2.18. The average Bonchev–Trinajstić information content (AvgIpc) is 2.27. The molecule has 0 atom stereocenters. The first kappa shape index (κ1) is 13.2. The van der Waals surface area contributed by atoms with Crippen molar-refractivity contribution in [1.82, 2.24) is 0 Å². The predicted octanol–water partition coefficient (Wildman–Crippen LogP) is 3.00. The number of esters is 1. The van der Waals surface area contributed by atoms with Crippen LogP contribution in [0.4, 0.5) is 0 Å². The van der Waals surface area contributed by atoms with E-state index in [0.29, 0.717) is 18.7 Å². The summed E-state index contributed by atoms with van der Waals surface area (Å²) < 4.78 is 5.95. The summed E-state index contributed by atoms with van der Waals surface area (Å²) >= 11 is 2.22. The van der Waals surface area contributed by atoms with Crippen LogP contribution in [0, 0.1) is 8.98 Å². The monoisotopic (exact) mass is 331 g/mol. The van der Waals surface area contributed by atoms with Crippen LogP contribution in [0.15, 0.2) is 24.3 Å². The second-order valence-electron chi connectivity index (χ2n) is 3.29. The first-order valence-electron chi connectivity index (χ1n) is 5.12. The van der Waals surface area contributed by atoms with Gasteiger partial charge >= 0.3 is 5.97 Å². The Bertz CT molecular complexity index is 373. The minimum Gasteiger partial charge on any atom is -0.466 e. The van der Waals surface area contributed by atoms with E-state index in [2.05, 4.69) is 22.6 Å². The fourth-order valence-electron chi connectivity index (χ4n) is 1.26. The van der Waals surface area contributed by atoms with E-state index in [0.717, 1.165) is 9.13 Å². The van der Waals surface area contributed by atoms with E-state index < -0.39 is 0 Å². The molecule has 0 aliphatic rings. The molecule has 3 nitrogen and oxygen atoms in total. The van der Waals surface area contributed by atoms with Crippen molar-refractivity contribution in [3.05, 3.63) is 33.4 Å². The van der Waals surface area contributed by atoms with Crippen molar-refractivity contribution in [3.63, 3.8) is 0 Å². The highest BCUT2D eigenvalue weighted by atomic mass is 127. The number of carbonyl (C=O) groups is 1. The van der Waals surface area contributed by atoms with E-state index in [1.54, 1.807) is 6.92 Å². The Kier molecular flexibility index (Phi) is 5.45. The second kappa shape index (κ2) is 6.62. The molecule has 0 heterocycles. The predicted molar refractivity (Wildman–Crippen MR) is 71.9 cm³/mol. The lowest BCUT2D eigenvalue weighted by atomic mass is 10.1. The van der Waals surface area contributed by atoms with Gasteiger partial charge in [0.05, 0.1) is 13.0 Å². The lowest BCUT2D eigenvalue weighted by Gasteiger charge is -2.04. The van der Waals surface area contributed by atoms with Crippen molar-refractivity contribution in [2.24, 2.45) is 0 Å². The Labute approximate surface area is 109 Å². The minimum absolute atomic E-state index is 0.238. The largest absolute Gasteiger partial charge is 0.466 e. The molecule has 0 aliphatic carbocycles. The second-order valence-corrected chi connectivity index (χ2v) is 4.54. The quantitative estimate of drug-likeness (QED) is 0.512. The number of carbonyl (C=O) groups excluding carboxylic acids is 1. The normalized spacial score (nSPS) is 9.88. The van der Waals surface area contributed by atoms with Gasteiger partial charge < -0.3 is 10.1 Å². The Morgan fingerprint density at radius 3 is 2.50 bits per heavy atom. The maximum Gasteiger partial charge on any atom is 0.306 e. The van der Waals surface area contributed by atoms with Gasteiger partial charge in [0.1, 0.15) is 0 Å². The van der Waals surface area contributed by atoms with E-state index in [9.17, 15) is 4.79 Å². The molecule has 0 aromatic heterocycles. The maximum atomic E-state index is 11.1. The number of hydrogen-bond donors (Lipinski definition) is 1. The van der Waals surface area contributed by atoms with E-state index in [4.69, 9.17) is 10.1 Å². The molecular formula is C12H14INO2. The zero-order valence-corrected chi connectivity index (χ0v) is 11.3. The summed E-state index contributed by atoms with van der Waals surface area (Å²) in [5.41, 5.74) is 1.34. The van der Waals surface area contributed by atoms with Gasteiger partial charge in [0.15, 0.2) is 0 Å². The minimum atomic E-state index is -0.238. The molecule has 0 unspecified atom stereocenters. The highest BCUT2D eigenvalue weighted by Gasteiger charge is 2.06. The number of nitrogens with one attached hydrogen (secondary N) is 1. The van der Waals surface area contributed by atoms with Crippen molar-refractivity contribution in [1.29, 1.82) is 5.41 Å². The number of ether oxygens (including phenoxy) is 1. The SMILES string of the molecule is CCOC(=O)CCC(=N)c1ccc(I)cc1. The summed E-state index contributed by atoms with van der Waals surface area (Å²) in [6, 6.07) is 7.70. The first-order chi connectivity index (χ1) is 7.63. The van der Waals surface area contributed by atoms with Crippen molar-refractivity contribution in [3.8, 4) is 0 Å². The first-order valence-corrected chi connectivity index (χ1v) is 6.20. The molecule has 1 N–H and O–H groups in total. The molecule has 1 aromatic carbocycles. The van der Waals surface area contributed by atoms with E-state index in [1.165, 1.54) is 0 Å². The van der Waals surface area contributed by atoms with Gasteiger partial charge in [-0.05, 0) is 53.6 Å². The Morgan fingerprint density at radius 1 is 1.31 bits per heavy atom. The van der Waals surface area contributed by atoms with Crippen LogP contribution in [-0.4, -0.2) is 18.3 Å². The van der Waals surface area contributed by atoms with Gasteiger partial charge in [-0.15, -0.1) is 0 Å². The van der Waals surface area contributed by atoms with Crippen molar-refractivity contribution >= 4 is 34.3 Å². The third kappa shape index (κ3) is 4.30. The fourth-order valence-corrected chi connectivity index (χ4v) is 1.62. The summed E-state index contributed by atoms with van der Waals surface area (Å²) in [7, 11) is 0. The summed E-state index contributed by atoms with van der Waals surface area (Å²) in [5, 5.41) is 7.82. The fraction of sp³-hybridized carbons (Fsp3) is 0.333. The van der Waals surface area contributed by atoms with Crippen LogP contribution in [-0.2, 0) is 9.53 Å². The van der Waals surface area contributed by atoms with E-state index >= 15 is 0 Å². The van der Waals surface area contributed by atoms with Gasteiger partial charge in [-0.1, -0.05) is 12.1 Å². The molecule has 0 aliphatic heterocycles. The Morgan fingerprint density at radius 2 is 1.94 bits per heavy atom. The molecule has 0 bridgehead atoms. The van der Waals surface area contributed by atoms with Gasteiger partial charge in [-0.2, -0.15) is 0 Å². The number of benzene rings is 1. The van der Waals surface area contributed by atoms with Gasteiger partial charge in [0, 0.05) is 9.28 Å². The topological polar surface area (TPSA) is 50.2 Å². The van der Waals surface area contributed by atoms with Crippen molar-refractivity contribution in [2.45, 2.75) is 19.8 Å². The molecule has 0 spiro atoms. The molecule has 86 valence electrons. The molecule has 0 saturated carbocycles. The number of halogens is 1. The van der Waals surface area contributed by atoms with Crippen LogP contribution in [0.5, 0.6) is 0 Å². The molecule has 0 amide bonds. The third-order valence-corrected chi connectivity index (χ3v) is 2.80. The third-order valence-electron chi connectivity index (χ3n) is 2.08. The molecule has 0 fully saturated rings. The standard InChI is InChI=1S/C12H14INO2/c1-2-16-12(15)8-7-11(14)9-3-5-10(13)6-4-9/h3-6,14H,2,7-8H2,1H3. The molecule has 0 saturated heterocycles. The highest BCUT2D eigenvalue weighted by Crippen LogP contribution is 2.10.